The van der Waals surface area contributed by atoms with Gasteiger partial charge in [-0.2, -0.15) is 0 Å². The Kier molecular flexibility index (Phi) is 2.01. The molecule has 2 fully saturated rings. The van der Waals surface area contributed by atoms with Crippen molar-refractivity contribution in [3.63, 3.8) is 0 Å². The molecule has 0 bridgehead atoms. The number of hydrogen-bond donors (Lipinski definition) is 1. The van der Waals surface area contributed by atoms with E-state index in [1.165, 1.54) is 0 Å². The molecule has 0 aromatic heterocycles. The normalized spacial score (nSPS) is 51.0. The summed E-state index contributed by atoms with van der Waals surface area (Å²) >= 11 is 4.66. The van der Waals surface area contributed by atoms with Crippen molar-refractivity contribution in [2.45, 2.75) is 31.8 Å². The van der Waals surface area contributed by atoms with Crippen LogP contribution in [-0.4, -0.2) is 37.0 Å². The van der Waals surface area contributed by atoms with Gasteiger partial charge in [0.2, 0.25) is 0 Å². The molecule has 2 aliphatic heterocycles. The lowest BCUT2D eigenvalue weighted by Gasteiger charge is -2.19. The third kappa shape index (κ3) is 1.65. The predicted molar refractivity (Wildman–Crippen MR) is 55.4 cm³/mol. The van der Waals surface area contributed by atoms with E-state index < -0.39 is 6.46 Å². The summed E-state index contributed by atoms with van der Waals surface area (Å²) in [5, 5.41) is 0. The Hall–Kier alpha value is 0.700. The maximum absolute atomic E-state index is 5.76. The molecule has 2 unspecified atom stereocenters. The molecular weight excluding hydrogens is 191 g/mol. The highest BCUT2D eigenvalue weighted by atomic mass is 32.7. The van der Waals surface area contributed by atoms with Gasteiger partial charge in [0.05, 0.1) is 25.5 Å². The molecule has 0 spiro atoms. The van der Waals surface area contributed by atoms with E-state index in [1.54, 1.807) is 0 Å². The van der Waals surface area contributed by atoms with Crippen molar-refractivity contribution in [1.82, 2.24) is 0 Å². The quantitative estimate of drug-likeness (QED) is 0.484. The second-order valence-corrected chi connectivity index (χ2v) is 10.7. The zero-order valence-corrected chi connectivity index (χ0v) is 9.57. The van der Waals surface area contributed by atoms with Gasteiger partial charge < -0.3 is 9.47 Å². The maximum atomic E-state index is 5.76. The van der Waals surface area contributed by atoms with Crippen LogP contribution >= 0.6 is 18.7 Å². The Labute approximate surface area is 79.5 Å². The first-order valence-corrected chi connectivity index (χ1v) is 8.07. The van der Waals surface area contributed by atoms with E-state index in [4.69, 9.17) is 9.47 Å². The molecule has 2 aliphatic rings. The maximum Gasteiger partial charge on any atom is 0.164 e. The summed E-state index contributed by atoms with van der Waals surface area (Å²) < 4.78 is 11.5. The van der Waals surface area contributed by atoms with Crippen LogP contribution in [0.4, 0.5) is 0 Å². The summed E-state index contributed by atoms with van der Waals surface area (Å²) in [6, 6.07) is 0. The molecule has 2 nitrogen and oxygen atoms in total. The Bertz CT molecular complexity index is 167. The van der Waals surface area contributed by atoms with Crippen molar-refractivity contribution in [2.75, 3.05) is 19.0 Å². The van der Waals surface area contributed by atoms with Crippen LogP contribution in [0.15, 0.2) is 0 Å². The third-order valence-electron chi connectivity index (χ3n) is 2.43. The van der Waals surface area contributed by atoms with Crippen LogP contribution in [0.5, 0.6) is 0 Å². The van der Waals surface area contributed by atoms with Gasteiger partial charge in [0.1, 0.15) is 12.2 Å². The molecule has 2 heterocycles. The minimum atomic E-state index is -0.983. The second-order valence-electron chi connectivity index (χ2n) is 4.42. The fourth-order valence-corrected chi connectivity index (χ4v) is 5.35. The molecule has 12 heavy (non-hydrogen) atoms. The molecular formula is C8H16O2PS+. The second kappa shape index (κ2) is 2.60. The lowest BCUT2D eigenvalue weighted by Crippen LogP contribution is -2.23. The van der Waals surface area contributed by atoms with Gasteiger partial charge in [-0.15, -0.1) is 0 Å². The zero-order valence-electron chi connectivity index (χ0n) is 7.78. The standard InChI is InChI=1S/C8H16O2PS/c1-8(2)9-6-4-11(3,12)5-7(6)10-8/h6-7,12H,4-5H2,1-3H3/q+1/t6-,7?,11?/m1/s1. The summed E-state index contributed by atoms with van der Waals surface area (Å²) in [6.07, 6.45) is 2.86. The van der Waals surface area contributed by atoms with Crippen LogP contribution in [0.25, 0.3) is 0 Å². The SMILES string of the molecule is CC1(C)OC2C[P+](C)(S)C[C@H]2O1. The number of fused-ring (bicyclic) bond motifs is 1. The summed E-state index contributed by atoms with van der Waals surface area (Å²) in [7, 11) is 0. The number of rotatable bonds is 0. The van der Waals surface area contributed by atoms with Crippen LogP contribution in [0.2, 0.25) is 0 Å². The monoisotopic (exact) mass is 207 g/mol. The lowest BCUT2D eigenvalue weighted by atomic mass is 10.3. The van der Waals surface area contributed by atoms with Gasteiger partial charge in [-0.05, 0) is 13.8 Å². The van der Waals surface area contributed by atoms with Gasteiger partial charge in [-0.3, -0.25) is 0 Å². The first-order chi connectivity index (χ1) is 5.38. The van der Waals surface area contributed by atoms with Gasteiger partial charge in [-0.25, -0.2) is 0 Å². The third-order valence-corrected chi connectivity index (χ3v) is 5.70. The molecule has 4 heteroatoms. The Morgan fingerprint density at radius 1 is 1.25 bits per heavy atom. The number of ether oxygens (including phenoxy) is 2. The zero-order chi connectivity index (χ0) is 8.98. The molecule has 0 N–H and O–H groups in total. The molecule has 0 radical (unpaired) electrons. The van der Waals surface area contributed by atoms with Crippen molar-refractivity contribution >= 4 is 18.7 Å². The predicted octanol–water partition coefficient (Wildman–Crippen LogP) is 2.01. The van der Waals surface area contributed by atoms with E-state index in [1.807, 2.05) is 13.8 Å². The van der Waals surface area contributed by atoms with E-state index in [0.29, 0.717) is 12.2 Å². The first kappa shape index (κ1) is 9.26. The smallest absolute Gasteiger partial charge is 0.164 e. The molecule has 0 aromatic rings. The first-order valence-electron chi connectivity index (χ1n) is 4.31. The molecule has 0 saturated carbocycles. The summed E-state index contributed by atoms with van der Waals surface area (Å²) in [5.41, 5.74) is 0. The average Bonchev–Trinajstić information content (AvgIpc) is 2.12. The van der Waals surface area contributed by atoms with Gasteiger partial charge in [0.25, 0.3) is 0 Å². The highest BCUT2D eigenvalue weighted by Crippen LogP contribution is 2.67. The van der Waals surface area contributed by atoms with Crippen LogP contribution in [0.1, 0.15) is 13.8 Å². The molecule has 0 aliphatic carbocycles. The molecule has 2 rings (SSSR count). The van der Waals surface area contributed by atoms with Crippen molar-refractivity contribution in [3.8, 4) is 0 Å². The Balaban J connectivity index is 2.07. The van der Waals surface area contributed by atoms with Crippen LogP contribution < -0.4 is 0 Å². The van der Waals surface area contributed by atoms with E-state index >= 15 is 0 Å². The highest BCUT2D eigenvalue weighted by molar-refractivity contribution is 8.53. The van der Waals surface area contributed by atoms with E-state index in [2.05, 4.69) is 18.9 Å². The molecule has 0 amide bonds. The minimum Gasteiger partial charge on any atom is -0.341 e. The van der Waals surface area contributed by atoms with Crippen molar-refractivity contribution in [2.24, 2.45) is 0 Å². The van der Waals surface area contributed by atoms with Gasteiger partial charge in [0.15, 0.2) is 5.79 Å². The largest absolute Gasteiger partial charge is 0.341 e. The summed E-state index contributed by atoms with van der Waals surface area (Å²) in [6.45, 7) is 5.25. The minimum absolute atomic E-state index is 0.316. The summed E-state index contributed by atoms with van der Waals surface area (Å²) in [5.74, 6) is -0.358. The number of hydrogen-bond acceptors (Lipinski definition) is 3. The molecule has 0 aromatic carbocycles. The van der Waals surface area contributed by atoms with Crippen LogP contribution in [0.3, 0.4) is 0 Å². The molecule has 3 atom stereocenters. The van der Waals surface area contributed by atoms with Crippen LogP contribution in [-0.2, 0) is 9.47 Å². The van der Waals surface area contributed by atoms with E-state index in [9.17, 15) is 0 Å². The Morgan fingerprint density at radius 3 is 2.08 bits per heavy atom. The van der Waals surface area contributed by atoms with E-state index in [-0.39, 0.29) is 5.79 Å². The van der Waals surface area contributed by atoms with Gasteiger partial charge in [0, 0.05) is 12.2 Å². The van der Waals surface area contributed by atoms with Gasteiger partial charge in [-0.1, -0.05) is 0 Å². The fourth-order valence-electron chi connectivity index (χ4n) is 2.07. The van der Waals surface area contributed by atoms with E-state index in [0.717, 1.165) is 12.3 Å². The highest BCUT2D eigenvalue weighted by Gasteiger charge is 2.55. The van der Waals surface area contributed by atoms with Crippen molar-refractivity contribution < 1.29 is 9.47 Å². The average molecular weight is 207 g/mol. The van der Waals surface area contributed by atoms with Gasteiger partial charge >= 0.3 is 0 Å². The fraction of sp³-hybridized carbons (Fsp3) is 1.00. The Morgan fingerprint density at radius 2 is 1.67 bits per heavy atom. The number of thiol groups is 1. The lowest BCUT2D eigenvalue weighted by molar-refractivity contribution is -0.143. The molecule has 70 valence electrons. The summed E-state index contributed by atoms with van der Waals surface area (Å²) in [4.78, 5) is 0. The van der Waals surface area contributed by atoms with Crippen molar-refractivity contribution in [1.29, 1.82) is 0 Å². The van der Waals surface area contributed by atoms with Crippen molar-refractivity contribution in [3.05, 3.63) is 0 Å². The van der Waals surface area contributed by atoms with Crippen LogP contribution in [0, 0.1) is 0 Å². The molecule has 2 saturated heterocycles. The topological polar surface area (TPSA) is 18.5 Å².